The third-order valence-corrected chi connectivity index (χ3v) is 6.86. The maximum Gasteiger partial charge on any atom is 0.268 e. The zero-order chi connectivity index (χ0) is 21.4. The molecule has 2 amide bonds. The van der Waals surface area contributed by atoms with Crippen LogP contribution >= 0.6 is 0 Å². The molecule has 2 saturated carbocycles. The van der Waals surface area contributed by atoms with Crippen LogP contribution in [0.3, 0.4) is 0 Å². The lowest BCUT2D eigenvalue weighted by atomic mass is 10.0. The van der Waals surface area contributed by atoms with Crippen LogP contribution in [0.2, 0.25) is 0 Å². The van der Waals surface area contributed by atoms with Gasteiger partial charge in [-0.25, -0.2) is 0 Å². The first-order valence-electron chi connectivity index (χ1n) is 11.6. The Bertz CT molecular complexity index is 948. The number of ether oxygens (including phenoxy) is 1. The van der Waals surface area contributed by atoms with Crippen molar-refractivity contribution in [2.24, 2.45) is 11.8 Å². The zero-order valence-electron chi connectivity index (χ0n) is 18.1. The van der Waals surface area contributed by atoms with Crippen molar-refractivity contribution in [2.45, 2.75) is 64.3 Å². The molecule has 3 aliphatic rings. The average molecular weight is 422 g/mol. The first-order chi connectivity index (χ1) is 15.2. The number of carbonyl (C=O) groups is 2. The molecule has 2 fully saturated rings. The van der Waals surface area contributed by atoms with Gasteiger partial charge in [0.25, 0.3) is 11.8 Å². The molecule has 0 spiro atoms. The molecule has 164 valence electrons. The van der Waals surface area contributed by atoms with Gasteiger partial charge in [0.1, 0.15) is 5.69 Å². The second-order valence-corrected chi connectivity index (χ2v) is 9.11. The van der Waals surface area contributed by atoms with Gasteiger partial charge in [0, 0.05) is 12.6 Å². The molecule has 31 heavy (non-hydrogen) atoms. The SMILES string of the molecule is CCC(NC(=O)c1cc(C(=O)NC(C2CC2)C2CC2)n2c1COCC2)c1ccccc1. The molecule has 0 bridgehead atoms. The van der Waals surface area contributed by atoms with E-state index in [-0.39, 0.29) is 17.9 Å². The predicted molar refractivity (Wildman–Crippen MR) is 118 cm³/mol. The van der Waals surface area contributed by atoms with Gasteiger partial charge in [0.15, 0.2) is 0 Å². The van der Waals surface area contributed by atoms with Crippen molar-refractivity contribution < 1.29 is 14.3 Å². The summed E-state index contributed by atoms with van der Waals surface area (Å²) >= 11 is 0. The highest BCUT2D eigenvalue weighted by molar-refractivity contribution is 6.01. The lowest BCUT2D eigenvalue weighted by Crippen LogP contribution is -2.39. The third-order valence-electron chi connectivity index (χ3n) is 6.86. The van der Waals surface area contributed by atoms with Gasteiger partial charge < -0.3 is 19.9 Å². The average Bonchev–Trinajstić information content (AvgIpc) is 3.73. The molecule has 6 nitrogen and oxygen atoms in total. The van der Waals surface area contributed by atoms with E-state index in [2.05, 4.69) is 17.6 Å². The van der Waals surface area contributed by atoms with Crippen LogP contribution in [-0.2, 0) is 17.9 Å². The van der Waals surface area contributed by atoms with Gasteiger partial charge in [0.05, 0.1) is 30.5 Å². The molecule has 1 atom stereocenters. The molecule has 0 saturated heterocycles. The van der Waals surface area contributed by atoms with E-state index in [1.807, 2.05) is 34.9 Å². The van der Waals surface area contributed by atoms with Gasteiger partial charge >= 0.3 is 0 Å². The number of nitrogens with zero attached hydrogens (tertiary/aromatic N) is 1. The van der Waals surface area contributed by atoms with Crippen LogP contribution < -0.4 is 10.6 Å². The summed E-state index contributed by atoms with van der Waals surface area (Å²) in [5.74, 6) is 1.06. The Morgan fingerprint density at radius 2 is 1.77 bits per heavy atom. The summed E-state index contributed by atoms with van der Waals surface area (Å²) in [6.07, 6.45) is 5.65. The summed E-state index contributed by atoms with van der Waals surface area (Å²) < 4.78 is 7.62. The Morgan fingerprint density at radius 3 is 2.42 bits per heavy atom. The maximum atomic E-state index is 13.2. The van der Waals surface area contributed by atoms with Crippen LogP contribution in [0.5, 0.6) is 0 Å². The lowest BCUT2D eigenvalue weighted by Gasteiger charge is -2.22. The quantitative estimate of drug-likeness (QED) is 0.681. The van der Waals surface area contributed by atoms with Crippen LogP contribution in [0.4, 0.5) is 0 Å². The van der Waals surface area contributed by atoms with Crippen LogP contribution in [0.15, 0.2) is 36.4 Å². The van der Waals surface area contributed by atoms with E-state index >= 15 is 0 Å². The van der Waals surface area contributed by atoms with E-state index in [1.165, 1.54) is 25.7 Å². The summed E-state index contributed by atoms with van der Waals surface area (Å²) in [6, 6.07) is 12.0. The molecule has 1 aliphatic heterocycles. The second kappa shape index (κ2) is 8.50. The first kappa shape index (κ1) is 20.3. The van der Waals surface area contributed by atoms with Crippen LogP contribution in [0, 0.1) is 11.8 Å². The number of carbonyl (C=O) groups excluding carboxylic acids is 2. The molecule has 0 radical (unpaired) electrons. The summed E-state index contributed by atoms with van der Waals surface area (Å²) in [5, 5.41) is 6.46. The van der Waals surface area contributed by atoms with Crippen molar-refractivity contribution in [3.05, 3.63) is 58.9 Å². The summed E-state index contributed by atoms with van der Waals surface area (Å²) in [5.41, 5.74) is 3.01. The number of amides is 2. The summed E-state index contributed by atoms with van der Waals surface area (Å²) in [7, 11) is 0. The van der Waals surface area contributed by atoms with Crippen molar-refractivity contribution in [1.82, 2.24) is 15.2 Å². The van der Waals surface area contributed by atoms with Crippen molar-refractivity contribution in [2.75, 3.05) is 6.61 Å². The first-order valence-corrected chi connectivity index (χ1v) is 11.6. The Labute approximate surface area is 183 Å². The number of hydrogen-bond acceptors (Lipinski definition) is 3. The van der Waals surface area contributed by atoms with Gasteiger partial charge in [-0.05, 0) is 55.6 Å². The monoisotopic (exact) mass is 421 g/mol. The van der Waals surface area contributed by atoms with E-state index in [4.69, 9.17) is 4.74 Å². The Morgan fingerprint density at radius 1 is 1.06 bits per heavy atom. The molecule has 2 aliphatic carbocycles. The fraction of sp³-hybridized carbons (Fsp3) is 0.520. The highest BCUT2D eigenvalue weighted by Crippen LogP contribution is 2.44. The van der Waals surface area contributed by atoms with Crippen LogP contribution in [0.25, 0.3) is 0 Å². The number of fused-ring (bicyclic) bond motifs is 1. The maximum absolute atomic E-state index is 13.2. The van der Waals surface area contributed by atoms with Crippen molar-refractivity contribution in [1.29, 1.82) is 0 Å². The number of benzene rings is 1. The van der Waals surface area contributed by atoms with E-state index in [1.54, 1.807) is 6.07 Å². The third kappa shape index (κ3) is 4.26. The molecular formula is C25H31N3O3. The normalized spacial score (nSPS) is 19.0. The van der Waals surface area contributed by atoms with Gasteiger partial charge in [-0.1, -0.05) is 37.3 Å². The fourth-order valence-corrected chi connectivity index (χ4v) is 4.81. The Balaban J connectivity index is 1.38. The van der Waals surface area contributed by atoms with E-state index < -0.39 is 0 Å². The molecule has 6 heteroatoms. The molecule has 1 unspecified atom stereocenters. The van der Waals surface area contributed by atoms with E-state index in [0.717, 1.165) is 17.7 Å². The highest BCUT2D eigenvalue weighted by atomic mass is 16.5. The molecule has 2 aromatic rings. The minimum atomic E-state index is -0.148. The van der Waals surface area contributed by atoms with Gasteiger partial charge in [-0.2, -0.15) is 0 Å². The Kier molecular flexibility index (Phi) is 5.57. The van der Waals surface area contributed by atoms with E-state index in [9.17, 15) is 9.59 Å². The van der Waals surface area contributed by atoms with Crippen LogP contribution in [0.1, 0.15) is 77.2 Å². The van der Waals surface area contributed by atoms with Crippen LogP contribution in [-0.4, -0.2) is 29.0 Å². The van der Waals surface area contributed by atoms with Gasteiger partial charge in [-0.15, -0.1) is 0 Å². The molecule has 1 aromatic carbocycles. The molecule has 1 aromatic heterocycles. The van der Waals surface area contributed by atoms with Gasteiger partial charge in [-0.3, -0.25) is 9.59 Å². The summed E-state index contributed by atoms with van der Waals surface area (Å²) in [6.45, 7) is 3.57. The van der Waals surface area contributed by atoms with Crippen molar-refractivity contribution >= 4 is 11.8 Å². The molecular weight excluding hydrogens is 390 g/mol. The smallest absolute Gasteiger partial charge is 0.268 e. The molecule has 5 rings (SSSR count). The lowest BCUT2D eigenvalue weighted by molar-refractivity contribution is 0.0771. The fourth-order valence-electron chi connectivity index (χ4n) is 4.81. The van der Waals surface area contributed by atoms with E-state index in [0.29, 0.717) is 48.9 Å². The zero-order valence-corrected chi connectivity index (χ0v) is 18.1. The highest BCUT2D eigenvalue weighted by Gasteiger charge is 2.42. The minimum Gasteiger partial charge on any atom is -0.373 e. The molecule has 2 N–H and O–H groups in total. The number of hydrogen-bond donors (Lipinski definition) is 2. The Hall–Kier alpha value is -2.60. The molecule has 2 heterocycles. The predicted octanol–water partition coefficient (Wildman–Crippen LogP) is 3.82. The number of nitrogens with one attached hydrogen (secondary N) is 2. The minimum absolute atomic E-state index is 0.0545. The summed E-state index contributed by atoms with van der Waals surface area (Å²) in [4.78, 5) is 26.5. The number of aromatic nitrogens is 1. The topological polar surface area (TPSA) is 72.4 Å². The van der Waals surface area contributed by atoms with Crippen molar-refractivity contribution in [3.8, 4) is 0 Å². The second-order valence-electron chi connectivity index (χ2n) is 9.11. The largest absolute Gasteiger partial charge is 0.373 e. The number of rotatable bonds is 8. The van der Waals surface area contributed by atoms with Gasteiger partial charge in [0.2, 0.25) is 0 Å². The standard InChI is InChI=1S/C25H31N3O3/c1-2-20(16-6-4-3-5-7-16)26-24(29)19-14-21(28-12-13-31-15-22(19)28)25(30)27-23(17-8-9-17)18-10-11-18/h3-7,14,17-18,20,23H,2,8-13,15H2,1H3,(H,26,29)(H,27,30). The van der Waals surface area contributed by atoms with Crippen molar-refractivity contribution in [3.63, 3.8) is 0 Å².